The monoisotopic (exact) mass is 420 g/mol. The third kappa shape index (κ3) is 5.14. The van der Waals surface area contributed by atoms with Gasteiger partial charge in [0.1, 0.15) is 0 Å². The number of thioether (sulfide) groups is 1. The van der Waals surface area contributed by atoms with E-state index in [1.807, 2.05) is 26.0 Å². The van der Waals surface area contributed by atoms with E-state index in [0.717, 1.165) is 40.8 Å². The van der Waals surface area contributed by atoms with E-state index in [1.54, 1.807) is 36.4 Å². The molecule has 0 atom stereocenters. The zero-order valence-electron chi connectivity index (χ0n) is 14.9. The molecule has 0 aliphatic rings. The summed E-state index contributed by atoms with van der Waals surface area (Å²) in [6.07, 6.45) is -3.81. The maximum absolute atomic E-state index is 13.5. The Bertz CT molecular complexity index is 988. The van der Waals surface area contributed by atoms with Crippen molar-refractivity contribution in [3.05, 3.63) is 77.1 Å². The van der Waals surface area contributed by atoms with Crippen molar-refractivity contribution in [1.82, 2.24) is 9.97 Å². The molecule has 2 aromatic carbocycles. The van der Waals surface area contributed by atoms with Crippen LogP contribution in [0.15, 0.2) is 69.7 Å². The first-order valence-corrected chi connectivity index (χ1v) is 9.83. The number of benzene rings is 2. The quantitative estimate of drug-likeness (QED) is 0.372. The molecule has 0 aliphatic carbocycles. The van der Waals surface area contributed by atoms with Crippen LogP contribution in [0.25, 0.3) is 0 Å². The van der Waals surface area contributed by atoms with Gasteiger partial charge in [-0.05, 0) is 61.6 Å². The zero-order chi connectivity index (χ0) is 20.3. The third-order valence-electron chi connectivity index (χ3n) is 3.72. The lowest BCUT2D eigenvalue weighted by Crippen LogP contribution is -2.15. The van der Waals surface area contributed by atoms with Gasteiger partial charge >= 0.3 is 6.18 Å². The minimum absolute atomic E-state index is 0.0620. The summed E-state index contributed by atoms with van der Waals surface area (Å²) in [5, 5.41) is -0.809. The summed E-state index contributed by atoms with van der Waals surface area (Å²) in [4.78, 5) is 21.3. The molecule has 3 aromatic rings. The standard InChI is InChI=1S/C20H15F3N2OS2/c1-12-3-7-14(8-4-12)27-18(26)16-11-24-19(25-17(16)20(21,22)23)28-15-9-5-13(2)6-10-15/h3-11H,1-2H3. The Morgan fingerprint density at radius 2 is 1.43 bits per heavy atom. The van der Waals surface area contributed by atoms with Gasteiger partial charge in [0.2, 0.25) is 5.12 Å². The second-order valence-electron chi connectivity index (χ2n) is 6.03. The lowest BCUT2D eigenvalue weighted by molar-refractivity contribution is -0.141. The molecule has 1 heterocycles. The van der Waals surface area contributed by atoms with Crippen LogP contribution in [-0.4, -0.2) is 15.1 Å². The number of aryl methyl sites for hydroxylation is 2. The van der Waals surface area contributed by atoms with Crippen LogP contribution in [0.3, 0.4) is 0 Å². The van der Waals surface area contributed by atoms with Gasteiger partial charge in [0.25, 0.3) is 0 Å². The van der Waals surface area contributed by atoms with Crippen molar-refractivity contribution in [2.24, 2.45) is 0 Å². The molecule has 144 valence electrons. The van der Waals surface area contributed by atoms with Gasteiger partial charge in [-0.3, -0.25) is 4.79 Å². The topological polar surface area (TPSA) is 42.9 Å². The maximum Gasteiger partial charge on any atom is 0.434 e. The SMILES string of the molecule is Cc1ccc(SC(=O)c2cnc(Sc3ccc(C)cc3)nc2C(F)(F)F)cc1. The number of hydrogen-bond acceptors (Lipinski definition) is 5. The number of rotatable bonds is 4. The Balaban J connectivity index is 1.89. The number of halogens is 3. The summed E-state index contributed by atoms with van der Waals surface area (Å²) in [6.45, 7) is 3.80. The lowest BCUT2D eigenvalue weighted by atomic mass is 10.2. The molecule has 0 bridgehead atoms. The fraction of sp³-hybridized carbons (Fsp3) is 0.150. The van der Waals surface area contributed by atoms with E-state index >= 15 is 0 Å². The van der Waals surface area contributed by atoms with Crippen molar-refractivity contribution in [2.75, 3.05) is 0 Å². The van der Waals surface area contributed by atoms with E-state index in [-0.39, 0.29) is 5.16 Å². The summed E-state index contributed by atoms with van der Waals surface area (Å²) in [7, 11) is 0. The van der Waals surface area contributed by atoms with E-state index in [4.69, 9.17) is 0 Å². The van der Waals surface area contributed by atoms with E-state index in [2.05, 4.69) is 9.97 Å². The van der Waals surface area contributed by atoms with Gasteiger partial charge in [-0.1, -0.05) is 35.4 Å². The molecule has 0 spiro atoms. The Kier molecular flexibility index (Phi) is 6.10. The van der Waals surface area contributed by atoms with Crippen LogP contribution in [0.2, 0.25) is 0 Å². The molecule has 1 aromatic heterocycles. The highest BCUT2D eigenvalue weighted by molar-refractivity contribution is 8.14. The van der Waals surface area contributed by atoms with Crippen molar-refractivity contribution < 1.29 is 18.0 Å². The average molecular weight is 420 g/mol. The molecule has 0 N–H and O–H groups in total. The van der Waals surface area contributed by atoms with Gasteiger partial charge in [0.15, 0.2) is 10.9 Å². The molecule has 0 aliphatic heterocycles. The first-order chi connectivity index (χ1) is 13.2. The predicted octanol–water partition coefficient (Wildman–Crippen LogP) is 6.20. The second-order valence-corrected chi connectivity index (χ2v) is 8.12. The zero-order valence-corrected chi connectivity index (χ0v) is 16.6. The normalized spacial score (nSPS) is 11.5. The van der Waals surface area contributed by atoms with Gasteiger partial charge in [0.05, 0.1) is 5.56 Å². The number of nitrogens with zero attached hydrogens (tertiary/aromatic N) is 2. The van der Waals surface area contributed by atoms with Crippen LogP contribution in [0.4, 0.5) is 13.2 Å². The van der Waals surface area contributed by atoms with Gasteiger partial charge in [0, 0.05) is 16.0 Å². The number of carbonyl (C=O) groups is 1. The van der Waals surface area contributed by atoms with Gasteiger partial charge in [-0.15, -0.1) is 0 Å². The van der Waals surface area contributed by atoms with Gasteiger partial charge in [-0.25, -0.2) is 9.97 Å². The molecule has 0 saturated carbocycles. The minimum Gasteiger partial charge on any atom is -0.281 e. The molecule has 3 nitrogen and oxygen atoms in total. The average Bonchev–Trinajstić information content (AvgIpc) is 2.65. The van der Waals surface area contributed by atoms with Crippen LogP contribution in [-0.2, 0) is 6.18 Å². The first kappa shape index (κ1) is 20.4. The van der Waals surface area contributed by atoms with Crippen LogP contribution in [0.5, 0.6) is 0 Å². The Labute approximate surface area is 168 Å². The van der Waals surface area contributed by atoms with Gasteiger partial charge in [-0.2, -0.15) is 13.2 Å². The summed E-state index contributed by atoms with van der Waals surface area (Å²) >= 11 is 1.73. The molecule has 0 radical (unpaired) electrons. The van der Waals surface area contributed by atoms with Crippen molar-refractivity contribution in [2.45, 2.75) is 35.0 Å². The highest BCUT2D eigenvalue weighted by Crippen LogP contribution is 2.35. The predicted molar refractivity (Wildman–Crippen MR) is 104 cm³/mol. The molecule has 0 amide bonds. The van der Waals surface area contributed by atoms with E-state index < -0.39 is 22.5 Å². The Hall–Kier alpha value is -2.32. The van der Waals surface area contributed by atoms with Crippen LogP contribution in [0.1, 0.15) is 27.2 Å². The molecule has 8 heteroatoms. The third-order valence-corrected chi connectivity index (χ3v) is 5.52. The Morgan fingerprint density at radius 3 is 1.96 bits per heavy atom. The molecule has 0 unspecified atom stereocenters. The Morgan fingerprint density at radius 1 is 0.893 bits per heavy atom. The van der Waals surface area contributed by atoms with Crippen molar-refractivity contribution in [3.8, 4) is 0 Å². The fourth-order valence-corrected chi connectivity index (χ4v) is 3.73. The van der Waals surface area contributed by atoms with E-state index in [1.165, 1.54) is 0 Å². The number of alkyl halides is 3. The highest BCUT2D eigenvalue weighted by atomic mass is 32.2. The molecule has 0 fully saturated rings. The molecular weight excluding hydrogens is 405 g/mol. The molecular formula is C20H15F3N2OS2. The van der Waals surface area contributed by atoms with Crippen LogP contribution in [0, 0.1) is 13.8 Å². The molecule has 0 saturated heterocycles. The van der Waals surface area contributed by atoms with Crippen molar-refractivity contribution in [3.63, 3.8) is 0 Å². The lowest BCUT2D eigenvalue weighted by Gasteiger charge is -2.12. The van der Waals surface area contributed by atoms with Crippen LogP contribution < -0.4 is 0 Å². The summed E-state index contributed by atoms with van der Waals surface area (Å²) < 4.78 is 40.5. The first-order valence-electron chi connectivity index (χ1n) is 8.20. The minimum atomic E-state index is -4.76. The second kappa shape index (κ2) is 8.36. The van der Waals surface area contributed by atoms with E-state index in [9.17, 15) is 18.0 Å². The molecule has 28 heavy (non-hydrogen) atoms. The van der Waals surface area contributed by atoms with Crippen LogP contribution >= 0.6 is 23.5 Å². The number of carbonyl (C=O) groups excluding carboxylic acids is 1. The molecule has 3 rings (SSSR count). The fourth-order valence-electron chi connectivity index (χ4n) is 2.26. The van der Waals surface area contributed by atoms with Crippen molar-refractivity contribution >= 4 is 28.6 Å². The smallest absolute Gasteiger partial charge is 0.281 e. The summed E-state index contributed by atoms with van der Waals surface area (Å²) in [6, 6.07) is 14.2. The van der Waals surface area contributed by atoms with Crippen molar-refractivity contribution in [1.29, 1.82) is 0 Å². The number of aromatic nitrogens is 2. The summed E-state index contributed by atoms with van der Waals surface area (Å²) in [5.74, 6) is 0. The van der Waals surface area contributed by atoms with E-state index in [0.29, 0.717) is 9.79 Å². The largest absolute Gasteiger partial charge is 0.434 e. The number of hydrogen-bond donors (Lipinski definition) is 0. The summed E-state index contributed by atoms with van der Waals surface area (Å²) in [5.41, 5.74) is 0.261. The highest BCUT2D eigenvalue weighted by Gasteiger charge is 2.38. The maximum atomic E-state index is 13.5. The van der Waals surface area contributed by atoms with Gasteiger partial charge < -0.3 is 0 Å².